The van der Waals surface area contributed by atoms with Crippen molar-refractivity contribution in [3.8, 4) is 11.4 Å². The summed E-state index contributed by atoms with van der Waals surface area (Å²) in [5.74, 6) is 0. The van der Waals surface area contributed by atoms with Crippen LogP contribution in [0.4, 0.5) is 34.1 Å². The average Bonchev–Trinajstić information content (AvgIpc) is 3.90. The van der Waals surface area contributed by atoms with Crippen LogP contribution in [0.2, 0.25) is 0 Å². The number of nitrogens with zero attached hydrogens (tertiary/aromatic N) is 4. The molecule has 256 valence electrons. The van der Waals surface area contributed by atoms with Crippen molar-refractivity contribution in [3.05, 3.63) is 219 Å². The van der Waals surface area contributed by atoms with Crippen molar-refractivity contribution < 1.29 is 0 Å². The topological polar surface area (TPSA) is 16.3 Å². The summed E-state index contributed by atoms with van der Waals surface area (Å²) in [6.45, 7) is 0. The lowest BCUT2D eigenvalue weighted by atomic mass is 10.0. The molecule has 4 heteroatoms. The molecular formula is C50H36N4. The van der Waals surface area contributed by atoms with E-state index in [9.17, 15) is 0 Å². The Bertz CT molecular complexity index is 2560. The van der Waals surface area contributed by atoms with Gasteiger partial charge in [-0.1, -0.05) is 97.1 Å². The Hall–Kier alpha value is -7.30. The van der Waals surface area contributed by atoms with E-state index in [1.807, 2.05) is 0 Å². The van der Waals surface area contributed by atoms with E-state index in [4.69, 9.17) is 0 Å². The average molecular weight is 693 g/mol. The molecule has 0 saturated heterocycles. The van der Waals surface area contributed by atoms with E-state index in [0.29, 0.717) is 0 Å². The predicted octanol–water partition coefficient (Wildman–Crippen LogP) is 13.7. The maximum atomic E-state index is 2.34. The molecule has 0 unspecified atom stereocenters. The zero-order valence-electron chi connectivity index (χ0n) is 29.6. The van der Waals surface area contributed by atoms with Crippen LogP contribution < -0.4 is 9.80 Å². The molecule has 10 rings (SSSR count). The second-order valence-corrected chi connectivity index (χ2v) is 13.5. The zero-order valence-corrected chi connectivity index (χ0v) is 29.6. The van der Waals surface area contributed by atoms with Crippen LogP contribution in [0.5, 0.6) is 0 Å². The number of benzene rings is 8. The van der Waals surface area contributed by atoms with Crippen LogP contribution in [0.15, 0.2) is 219 Å². The Morgan fingerprint density at radius 3 is 0.815 bits per heavy atom. The summed E-state index contributed by atoms with van der Waals surface area (Å²) in [4.78, 5) is 4.60. The highest BCUT2D eigenvalue weighted by Crippen LogP contribution is 2.41. The van der Waals surface area contributed by atoms with Gasteiger partial charge in [0, 0.05) is 79.4 Å². The number of hydrogen-bond acceptors (Lipinski definition) is 2. The van der Waals surface area contributed by atoms with Gasteiger partial charge in [0.2, 0.25) is 0 Å². The van der Waals surface area contributed by atoms with Crippen LogP contribution >= 0.6 is 0 Å². The molecule has 0 bridgehead atoms. The Morgan fingerprint density at radius 1 is 0.241 bits per heavy atom. The number of hydrogen-bond donors (Lipinski definition) is 0. The summed E-state index contributed by atoms with van der Waals surface area (Å²) >= 11 is 0. The van der Waals surface area contributed by atoms with Gasteiger partial charge in [0.25, 0.3) is 0 Å². The Labute approximate surface area is 314 Å². The number of fused-ring (bicyclic) bond motifs is 6. The summed E-state index contributed by atoms with van der Waals surface area (Å²) < 4.78 is 4.67. The lowest BCUT2D eigenvalue weighted by Gasteiger charge is -2.25. The highest BCUT2D eigenvalue weighted by molar-refractivity contribution is 6.24. The minimum atomic E-state index is 1.11. The van der Waals surface area contributed by atoms with Gasteiger partial charge in [-0.25, -0.2) is 0 Å². The van der Waals surface area contributed by atoms with Crippen molar-refractivity contribution in [2.75, 3.05) is 9.80 Å². The molecule has 0 aliphatic carbocycles. The summed E-state index contributed by atoms with van der Waals surface area (Å²) in [6.07, 6.45) is 4.43. The smallest absolute Gasteiger partial charge is 0.0614 e. The van der Waals surface area contributed by atoms with E-state index < -0.39 is 0 Å². The number of rotatable bonds is 8. The molecule has 4 nitrogen and oxygen atoms in total. The standard InChI is InChI=1S/C50H36N4/c1-5-15-39(16-6-1)53(40-17-7-2-8-18-40)43-29-25-37(26-30-43)51-35-33-47-48-34-36-52(50(48)46-24-14-13-23-45(46)49(47)51)38-27-31-44(32-28-38)54(41-19-9-3-10-20-41)42-21-11-4-12-22-42/h1-36H. The third-order valence-corrected chi connectivity index (χ3v) is 10.3. The third kappa shape index (κ3) is 5.40. The molecule has 8 aromatic carbocycles. The largest absolute Gasteiger partial charge is 0.316 e. The lowest BCUT2D eigenvalue weighted by molar-refractivity contribution is 1.13. The van der Waals surface area contributed by atoms with Crippen LogP contribution in [0.1, 0.15) is 0 Å². The first-order valence-corrected chi connectivity index (χ1v) is 18.4. The van der Waals surface area contributed by atoms with Crippen LogP contribution in [0.25, 0.3) is 44.0 Å². The van der Waals surface area contributed by atoms with Crippen molar-refractivity contribution in [2.45, 2.75) is 0 Å². The van der Waals surface area contributed by atoms with Crippen molar-refractivity contribution in [1.29, 1.82) is 0 Å². The molecule has 2 aromatic heterocycles. The summed E-state index contributed by atoms with van der Waals surface area (Å²) in [5.41, 5.74) is 11.4. The number of para-hydroxylation sites is 4. The van der Waals surface area contributed by atoms with Gasteiger partial charge in [-0.3, -0.25) is 0 Å². The predicted molar refractivity (Wildman–Crippen MR) is 227 cm³/mol. The molecule has 54 heavy (non-hydrogen) atoms. The molecule has 0 amide bonds. The fourth-order valence-electron chi connectivity index (χ4n) is 7.90. The SMILES string of the molecule is c1ccc(N(c2ccccc2)c2ccc(-n3ccc4c5ccn(-c6ccc(N(c7ccccc7)c7ccccc7)cc6)c5c5ccccc5c43)cc2)cc1. The molecule has 0 aliphatic rings. The highest BCUT2D eigenvalue weighted by Gasteiger charge is 2.18. The maximum absolute atomic E-state index is 2.34. The highest BCUT2D eigenvalue weighted by atomic mass is 15.1. The molecule has 0 aliphatic heterocycles. The Morgan fingerprint density at radius 2 is 0.500 bits per heavy atom. The monoisotopic (exact) mass is 692 g/mol. The van der Waals surface area contributed by atoms with Gasteiger partial charge in [-0.2, -0.15) is 0 Å². The first-order chi connectivity index (χ1) is 26.8. The first-order valence-electron chi connectivity index (χ1n) is 18.4. The molecule has 2 heterocycles. The minimum Gasteiger partial charge on any atom is -0.316 e. The summed E-state index contributed by atoms with van der Waals surface area (Å²) in [5, 5.41) is 4.91. The van der Waals surface area contributed by atoms with E-state index >= 15 is 0 Å². The Kier molecular flexibility index (Phi) is 7.77. The molecule has 0 radical (unpaired) electrons. The fraction of sp³-hybridized carbons (Fsp3) is 0. The van der Waals surface area contributed by atoms with E-state index in [2.05, 4.69) is 238 Å². The van der Waals surface area contributed by atoms with E-state index in [-0.39, 0.29) is 0 Å². The zero-order chi connectivity index (χ0) is 35.8. The second kappa shape index (κ2) is 13.4. The van der Waals surface area contributed by atoms with Crippen LogP contribution in [-0.2, 0) is 0 Å². The van der Waals surface area contributed by atoms with Gasteiger partial charge in [-0.05, 0) is 109 Å². The quantitative estimate of drug-likeness (QED) is 0.158. The van der Waals surface area contributed by atoms with Gasteiger partial charge in [-0.15, -0.1) is 0 Å². The molecule has 0 atom stereocenters. The summed E-state index contributed by atoms with van der Waals surface area (Å²) in [6, 6.07) is 73.3. The van der Waals surface area contributed by atoms with Crippen LogP contribution in [0.3, 0.4) is 0 Å². The van der Waals surface area contributed by atoms with Crippen molar-refractivity contribution in [3.63, 3.8) is 0 Å². The normalized spacial score (nSPS) is 11.3. The van der Waals surface area contributed by atoms with Crippen molar-refractivity contribution in [2.24, 2.45) is 0 Å². The third-order valence-electron chi connectivity index (χ3n) is 10.3. The molecule has 0 spiro atoms. The van der Waals surface area contributed by atoms with Gasteiger partial charge in [0.1, 0.15) is 0 Å². The molecular weight excluding hydrogens is 657 g/mol. The summed E-state index contributed by atoms with van der Waals surface area (Å²) in [7, 11) is 0. The van der Waals surface area contributed by atoms with E-state index in [0.717, 1.165) is 45.5 Å². The van der Waals surface area contributed by atoms with Crippen LogP contribution in [-0.4, -0.2) is 9.13 Å². The minimum absolute atomic E-state index is 1.11. The Balaban J connectivity index is 1.06. The van der Waals surface area contributed by atoms with Gasteiger partial charge in [0.05, 0.1) is 11.0 Å². The van der Waals surface area contributed by atoms with Gasteiger partial charge >= 0.3 is 0 Å². The lowest BCUT2D eigenvalue weighted by Crippen LogP contribution is -2.09. The van der Waals surface area contributed by atoms with Gasteiger partial charge < -0.3 is 18.9 Å². The molecule has 0 N–H and O–H groups in total. The molecule has 0 saturated carbocycles. The second-order valence-electron chi connectivity index (χ2n) is 13.5. The number of anilines is 6. The first kappa shape index (κ1) is 31.4. The van der Waals surface area contributed by atoms with Crippen LogP contribution in [0, 0.1) is 0 Å². The molecule has 10 aromatic rings. The maximum Gasteiger partial charge on any atom is 0.0614 e. The number of aromatic nitrogens is 2. The fourth-order valence-corrected chi connectivity index (χ4v) is 7.90. The van der Waals surface area contributed by atoms with Crippen molar-refractivity contribution in [1.82, 2.24) is 9.13 Å². The van der Waals surface area contributed by atoms with E-state index in [1.165, 1.54) is 32.6 Å². The van der Waals surface area contributed by atoms with Crippen molar-refractivity contribution >= 4 is 66.7 Å². The van der Waals surface area contributed by atoms with E-state index in [1.54, 1.807) is 0 Å². The molecule has 0 fully saturated rings. The van der Waals surface area contributed by atoms with Gasteiger partial charge in [0.15, 0.2) is 0 Å².